The highest BCUT2D eigenvalue weighted by molar-refractivity contribution is 5.93. The molecule has 0 aliphatic heterocycles. The number of carbonyl (C=O) groups is 1. The largest absolute Gasteiger partial charge is 0.391 e. The van der Waals surface area contributed by atoms with Crippen molar-refractivity contribution in [3.63, 3.8) is 0 Å². The van der Waals surface area contributed by atoms with E-state index in [9.17, 15) is 14.7 Å². The van der Waals surface area contributed by atoms with Gasteiger partial charge in [-0.1, -0.05) is 13.8 Å². The molecule has 1 rings (SSSR count). The van der Waals surface area contributed by atoms with E-state index in [0.717, 1.165) is 0 Å². The van der Waals surface area contributed by atoms with Crippen LogP contribution in [-0.2, 0) is 7.05 Å². The predicted molar refractivity (Wildman–Crippen MR) is 64.9 cm³/mol. The van der Waals surface area contributed by atoms with Crippen LogP contribution in [0.2, 0.25) is 0 Å². The molecule has 1 amide bonds. The lowest BCUT2D eigenvalue weighted by Gasteiger charge is -2.14. The summed E-state index contributed by atoms with van der Waals surface area (Å²) in [6, 6.07) is 2.84. The van der Waals surface area contributed by atoms with Gasteiger partial charge in [0, 0.05) is 31.4 Å². The molecule has 0 bridgehead atoms. The Morgan fingerprint density at radius 2 is 2.18 bits per heavy atom. The van der Waals surface area contributed by atoms with Crippen molar-refractivity contribution in [2.75, 3.05) is 6.54 Å². The zero-order valence-electron chi connectivity index (χ0n) is 10.3. The maximum atomic E-state index is 11.7. The van der Waals surface area contributed by atoms with Crippen LogP contribution >= 0.6 is 0 Å². The van der Waals surface area contributed by atoms with Crippen LogP contribution in [0.1, 0.15) is 24.2 Å². The minimum absolute atomic E-state index is 0.0824. The fourth-order valence-corrected chi connectivity index (χ4v) is 1.22. The molecule has 0 aliphatic rings. The monoisotopic (exact) mass is 238 g/mol. The number of hydrogen-bond acceptors (Lipinski definition) is 3. The first-order chi connectivity index (χ1) is 7.91. The van der Waals surface area contributed by atoms with Crippen LogP contribution in [0, 0.1) is 5.92 Å². The molecular weight excluding hydrogens is 220 g/mol. The average Bonchev–Trinajstić information content (AvgIpc) is 2.28. The highest BCUT2D eigenvalue weighted by Crippen LogP contribution is 2.00. The molecule has 2 N–H and O–H groups in total. The molecule has 5 nitrogen and oxygen atoms in total. The van der Waals surface area contributed by atoms with Crippen LogP contribution in [0.3, 0.4) is 0 Å². The van der Waals surface area contributed by atoms with Crippen molar-refractivity contribution < 1.29 is 9.90 Å². The first-order valence-electron chi connectivity index (χ1n) is 5.54. The predicted octanol–water partition coefficient (Wildman–Crippen LogP) is 0.132. The standard InChI is InChI=1S/C12H18N2O3/c1-8(2)10(15)7-13-12(17)9-4-5-14(3)11(16)6-9/h4-6,8,10,15H,7H2,1-3H3,(H,13,17). The number of aryl methyl sites for hydroxylation is 1. The van der Waals surface area contributed by atoms with Crippen molar-refractivity contribution in [2.24, 2.45) is 13.0 Å². The van der Waals surface area contributed by atoms with E-state index >= 15 is 0 Å². The number of carbonyl (C=O) groups excluding carboxylic acids is 1. The van der Waals surface area contributed by atoms with Crippen LogP contribution in [0.15, 0.2) is 23.1 Å². The molecule has 1 atom stereocenters. The number of pyridine rings is 1. The third-order valence-corrected chi connectivity index (χ3v) is 2.61. The molecule has 5 heteroatoms. The van der Waals surface area contributed by atoms with E-state index in [2.05, 4.69) is 5.32 Å². The number of amides is 1. The third-order valence-electron chi connectivity index (χ3n) is 2.61. The quantitative estimate of drug-likeness (QED) is 0.783. The molecule has 1 aromatic heterocycles. The van der Waals surface area contributed by atoms with Gasteiger partial charge in [-0.05, 0) is 12.0 Å². The zero-order valence-corrected chi connectivity index (χ0v) is 10.3. The van der Waals surface area contributed by atoms with Crippen LogP contribution in [0.5, 0.6) is 0 Å². The lowest BCUT2D eigenvalue weighted by atomic mass is 10.1. The number of hydrogen-bond donors (Lipinski definition) is 2. The molecule has 0 aliphatic carbocycles. The van der Waals surface area contributed by atoms with E-state index in [0.29, 0.717) is 5.56 Å². The number of aliphatic hydroxyl groups is 1. The number of aromatic nitrogens is 1. The summed E-state index contributed by atoms with van der Waals surface area (Å²) < 4.78 is 1.39. The van der Waals surface area contributed by atoms with Gasteiger partial charge in [0.2, 0.25) is 0 Å². The summed E-state index contributed by atoms with van der Waals surface area (Å²) in [5.74, 6) is -0.263. The van der Waals surface area contributed by atoms with Gasteiger partial charge >= 0.3 is 0 Å². The average molecular weight is 238 g/mol. The molecule has 94 valence electrons. The summed E-state index contributed by atoms with van der Waals surface area (Å²) in [5.41, 5.74) is 0.0751. The van der Waals surface area contributed by atoms with Gasteiger partial charge in [0.15, 0.2) is 0 Å². The molecule has 0 fully saturated rings. The summed E-state index contributed by atoms with van der Waals surface area (Å²) in [5, 5.41) is 12.1. The Morgan fingerprint density at radius 3 is 2.71 bits per heavy atom. The maximum Gasteiger partial charge on any atom is 0.251 e. The highest BCUT2D eigenvalue weighted by atomic mass is 16.3. The van der Waals surface area contributed by atoms with Gasteiger partial charge in [0.25, 0.3) is 11.5 Å². The lowest BCUT2D eigenvalue weighted by molar-refractivity contribution is 0.0871. The van der Waals surface area contributed by atoms with Crippen molar-refractivity contribution in [2.45, 2.75) is 20.0 Å². The van der Waals surface area contributed by atoms with E-state index in [1.54, 1.807) is 13.1 Å². The first-order valence-corrected chi connectivity index (χ1v) is 5.54. The summed E-state index contributed by atoms with van der Waals surface area (Å²) >= 11 is 0. The summed E-state index contributed by atoms with van der Waals surface area (Å²) in [7, 11) is 1.62. The molecule has 1 aromatic rings. The Balaban J connectivity index is 2.64. The molecule has 1 heterocycles. The van der Waals surface area contributed by atoms with Gasteiger partial charge in [0.05, 0.1) is 6.10 Å². The topological polar surface area (TPSA) is 71.3 Å². The highest BCUT2D eigenvalue weighted by Gasteiger charge is 2.12. The van der Waals surface area contributed by atoms with E-state index in [4.69, 9.17) is 0 Å². The zero-order chi connectivity index (χ0) is 13.0. The van der Waals surface area contributed by atoms with Gasteiger partial charge in [-0.2, -0.15) is 0 Å². The second kappa shape index (κ2) is 5.63. The number of nitrogens with one attached hydrogen (secondary N) is 1. The molecule has 0 radical (unpaired) electrons. The third kappa shape index (κ3) is 3.71. The first kappa shape index (κ1) is 13.4. The van der Waals surface area contributed by atoms with Crippen molar-refractivity contribution in [3.8, 4) is 0 Å². The minimum atomic E-state index is -0.578. The van der Waals surface area contributed by atoms with Crippen LogP contribution in [0.4, 0.5) is 0 Å². The molecule has 0 aromatic carbocycles. The second-order valence-electron chi connectivity index (χ2n) is 4.39. The molecule has 17 heavy (non-hydrogen) atoms. The van der Waals surface area contributed by atoms with Gasteiger partial charge in [-0.3, -0.25) is 9.59 Å². The molecule has 0 saturated carbocycles. The van der Waals surface area contributed by atoms with Crippen molar-refractivity contribution in [3.05, 3.63) is 34.2 Å². The van der Waals surface area contributed by atoms with Crippen molar-refractivity contribution >= 4 is 5.91 Å². The fourth-order valence-electron chi connectivity index (χ4n) is 1.22. The minimum Gasteiger partial charge on any atom is -0.391 e. The van der Waals surface area contributed by atoms with E-state index in [1.165, 1.54) is 16.8 Å². The van der Waals surface area contributed by atoms with Crippen molar-refractivity contribution in [1.29, 1.82) is 0 Å². The molecular formula is C12H18N2O3. The summed E-state index contributed by atoms with van der Waals surface area (Å²) in [4.78, 5) is 23.0. The van der Waals surface area contributed by atoms with Crippen LogP contribution < -0.4 is 10.9 Å². The Labute approximate surface area is 100 Å². The Hall–Kier alpha value is -1.62. The Morgan fingerprint density at radius 1 is 1.53 bits per heavy atom. The molecule has 0 saturated heterocycles. The molecule has 1 unspecified atom stereocenters. The van der Waals surface area contributed by atoms with E-state index < -0.39 is 6.10 Å². The fraction of sp³-hybridized carbons (Fsp3) is 0.500. The van der Waals surface area contributed by atoms with Crippen molar-refractivity contribution in [1.82, 2.24) is 9.88 Å². The second-order valence-corrected chi connectivity index (χ2v) is 4.39. The normalized spacial score (nSPS) is 12.5. The van der Waals surface area contributed by atoms with Gasteiger partial charge in [-0.15, -0.1) is 0 Å². The van der Waals surface area contributed by atoms with Gasteiger partial charge in [0.1, 0.15) is 0 Å². The number of aliphatic hydroxyl groups excluding tert-OH is 1. The van der Waals surface area contributed by atoms with Crippen LogP contribution in [0.25, 0.3) is 0 Å². The smallest absolute Gasteiger partial charge is 0.251 e. The van der Waals surface area contributed by atoms with Gasteiger partial charge < -0.3 is 15.0 Å². The Bertz CT molecular complexity index is 451. The summed E-state index contributed by atoms with van der Waals surface area (Å²) in [6.45, 7) is 3.93. The van der Waals surface area contributed by atoms with E-state index in [-0.39, 0.29) is 23.9 Å². The summed E-state index contributed by atoms with van der Waals surface area (Å²) in [6.07, 6.45) is 0.960. The number of nitrogens with zero attached hydrogens (tertiary/aromatic N) is 1. The number of rotatable bonds is 4. The van der Waals surface area contributed by atoms with Crippen LogP contribution in [-0.4, -0.2) is 28.2 Å². The SMILES string of the molecule is CC(C)C(O)CNC(=O)c1ccn(C)c(=O)c1. The molecule has 0 spiro atoms. The van der Waals surface area contributed by atoms with Gasteiger partial charge in [-0.25, -0.2) is 0 Å². The maximum absolute atomic E-state index is 11.7. The Kier molecular flexibility index (Phi) is 4.45. The van der Waals surface area contributed by atoms with E-state index in [1.807, 2.05) is 13.8 Å². The lowest BCUT2D eigenvalue weighted by Crippen LogP contribution is -2.35.